The molecule has 0 N–H and O–H groups in total. The lowest BCUT2D eigenvalue weighted by atomic mass is 9.70. The Kier molecular flexibility index (Phi) is 15.8. The van der Waals surface area contributed by atoms with Crippen LogP contribution in [0, 0.1) is 5.41 Å². The first-order chi connectivity index (χ1) is 14.7. The van der Waals surface area contributed by atoms with Crippen molar-refractivity contribution in [2.75, 3.05) is 0 Å². The maximum absolute atomic E-state index is 13.3. The van der Waals surface area contributed by atoms with Crippen LogP contribution in [0.5, 0.6) is 0 Å². The third-order valence-corrected chi connectivity index (χ3v) is 6.69. The molecule has 1 rings (SSSR count). The van der Waals surface area contributed by atoms with Gasteiger partial charge in [0.1, 0.15) is 5.78 Å². The van der Waals surface area contributed by atoms with E-state index >= 15 is 0 Å². The fourth-order valence-corrected chi connectivity index (χ4v) is 5.01. The van der Waals surface area contributed by atoms with E-state index < -0.39 is 0 Å². The van der Waals surface area contributed by atoms with Crippen molar-refractivity contribution in [3.63, 3.8) is 0 Å². The number of benzene rings is 1. The van der Waals surface area contributed by atoms with Gasteiger partial charge in [-0.3, -0.25) is 4.79 Å². The molecule has 0 saturated heterocycles. The van der Waals surface area contributed by atoms with Gasteiger partial charge in [-0.05, 0) is 31.2 Å². The zero-order valence-corrected chi connectivity index (χ0v) is 20.5. The molecule has 0 saturated carbocycles. The molecule has 172 valence electrons. The summed E-state index contributed by atoms with van der Waals surface area (Å²) in [5.41, 5.74) is 1.19. The van der Waals surface area contributed by atoms with Crippen molar-refractivity contribution in [1.82, 2.24) is 0 Å². The predicted octanol–water partition coefficient (Wildman–Crippen LogP) is 9.48. The van der Waals surface area contributed by atoms with Gasteiger partial charge >= 0.3 is 0 Å². The van der Waals surface area contributed by atoms with Crippen molar-refractivity contribution in [3.05, 3.63) is 35.9 Å². The molecule has 1 aromatic carbocycles. The highest BCUT2D eigenvalue weighted by Crippen LogP contribution is 2.36. The van der Waals surface area contributed by atoms with Crippen LogP contribution >= 0.6 is 0 Å². The summed E-state index contributed by atoms with van der Waals surface area (Å²) in [7, 11) is 0. The Morgan fingerprint density at radius 3 is 1.57 bits per heavy atom. The molecule has 0 radical (unpaired) electrons. The number of carbonyl (C=O) groups is 1. The first-order valence-electron chi connectivity index (χ1n) is 13.3. The van der Waals surface area contributed by atoms with E-state index in [1.807, 2.05) is 0 Å². The first-order valence-corrected chi connectivity index (χ1v) is 13.3. The summed E-state index contributed by atoms with van der Waals surface area (Å²) in [6.07, 6.45) is 22.1. The Morgan fingerprint density at radius 2 is 1.10 bits per heavy atom. The number of unbranched alkanes of at least 4 members (excludes halogenated alkanes) is 11. The topological polar surface area (TPSA) is 17.1 Å². The average molecular weight is 415 g/mol. The summed E-state index contributed by atoms with van der Waals surface area (Å²) in [5, 5.41) is 0. The fraction of sp³-hybridized carbons (Fsp3) is 0.759. The Bertz CT molecular complexity index is 512. The molecular weight excluding hydrogens is 364 g/mol. The smallest absolute Gasteiger partial charge is 0.139 e. The van der Waals surface area contributed by atoms with Gasteiger partial charge in [-0.25, -0.2) is 0 Å². The molecule has 0 bridgehead atoms. The van der Waals surface area contributed by atoms with E-state index in [4.69, 9.17) is 0 Å². The van der Waals surface area contributed by atoms with Gasteiger partial charge in [0.05, 0.1) is 0 Å². The Morgan fingerprint density at radius 1 is 0.633 bits per heavy atom. The largest absolute Gasteiger partial charge is 0.299 e. The molecule has 1 aromatic rings. The van der Waals surface area contributed by atoms with E-state index in [0.29, 0.717) is 5.78 Å². The summed E-state index contributed by atoms with van der Waals surface area (Å²) in [4.78, 5) is 13.3. The molecule has 1 heteroatoms. The third-order valence-electron chi connectivity index (χ3n) is 6.69. The van der Waals surface area contributed by atoms with Crippen LogP contribution < -0.4 is 0 Å². The highest BCUT2D eigenvalue weighted by molar-refractivity contribution is 5.85. The molecule has 30 heavy (non-hydrogen) atoms. The van der Waals surface area contributed by atoms with E-state index in [0.717, 1.165) is 44.9 Å². The molecule has 0 spiro atoms. The number of hydrogen-bond donors (Lipinski definition) is 0. The van der Waals surface area contributed by atoms with Gasteiger partial charge < -0.3 is 0 Å². The number of rotatable bonds is 20. The number of hydrogen-bond acceptors (Lipinski definition) is 1. The van der Waals surface area contributed by atoms with Crippen LogP contribution in [-0.2, 0) is 11.2 Å². The molecule has 0 aliphatic rings. The van der Waals surface area contributed by atoms with Gasteiger partial charge in [-0.1, -0.05) is 135 Å². The zero-order chi connectivity index (χ0) is 21.9. The van der Waals surface area contributed by atoms with Crippen molar-refractivity contribution in [2.45, 2.75) is 136 Å². The van der Waals surface area contributed by atoms with Crippen LogP contribution in [0.2, 0.25) is 0 Å². The third kappa shape index (κ3) is 11.3. The normalized spacial score (nSPS) is 11.7. The number of Topliss-reactive ketones (excluding diaryl/α,β-unsaturated/α-hetero) is 1. The molecule has 0 fully saturated rings. The zero-order valence-electron chi connectivity index (χ0n) is 20.5. The summed E-state index contributed by atoms with van der Waals surface area (Å²) in [5.74, 6) is 0.530. The standard InChI is InChI=1S/C29H50O/c1-4-7-8-9-10-11-12-13-14-15-16-20-23-28(30)29(24-5-2,25-6-3)26-27-21-18-17-19-22-27/h17-19,21-22H,4-16,20,23-26H2,1-3H3. The second kappa shape index (κ2) is 17.6. The molecule has 0 aliphatic carbocycles. The van der Waals surface area contributed by atoms with Crippen LogP contribution in [-0.4, -0.2) is 5.78 Å². The van der Waals surface area contributed by atoms with Crippen LogP contribution in [0.1, 0.15) is 135 Å². The quantitative estimate of drug-likeness (QED) is 0.194. The lowest BCUT2D eigenvalue weighted by Crippen LogP contribution is -2.33. The summed E-state index contributed by atoms with van der Waals surface area (Å²) >= 11 is 0. The fourth-order valence-electron chi connectivity index (χ4n) is 5.01. The number of carbonyl (C=O) groups excluding carboxylic acids is 1. The van der Waals surface area contributed by atoms with E-state index in [-0.39, 0.29) is 5.41 Å². The predicted molar refractivity (Wildman–Crippen MR) is 133 cm³/mol. The lowest BCUT2D eigenvalue weighted by Gasteiger charge is -2.32. The van der Waals surface area contributed by atoms with Crippen LogP contribution in [0.25, 0.3) is 0 Å². The SMILES string of the molecule is CCCCCCCCCCCCCCC(=O)C(CCC)(CCC)Cc1ccccc1. The van der Waals surface area contributed by atoms with E-state index in [2.05, 4.69) is 51.1 Å². The molecule has 0 aliphatic heterocycles. The molecule has 0 aromatic heterocycles. The van der Waals surface area contributed by atoms with Gasteiger partial charge in [0.25, 0.3) is 0 Å². The maximum atomic E-state index is 13.3. The molecule has 0 heterocycles. The van der Waals surface area contributed by atoms with Crippen molar-refractivity contribution < 1.29 is 4.79 Å². The minimum atomic E-state index is -0.136. The van der Waals surface area contributed by atoms with Gasteiger partial charge in [0.15, 0.2) is 0 Å². The van der Waals surface area contributed by atoms with Crippen molar-refractivity contribution >= 4 is 5.78 Å². The van der Waals surface area contributed by atoms with E-state index in [9.17, 15) is 4.79 Å². The minimum absolute atomic E-state index is 0.136. The summed E-state index contributed by atoms with van der Waals surface area (Å²) < 4.78 is 0. The lowest BCUT2D eigenvalue weighted by molar-refractivity contribution is -0.130. The van der Waals surface area contributed by atoms with Crippen LogP contribution in [0.15, 0.2) is 30.3 Å². The highest BCUT2D eigenvalue weighted by atomic mass is 16.1. The Labute approximate surface area is 188 Å². The Balaban J connectivity index is 2.30. The highest BCUT2D eigenvalue weighted by Gasteiger charge is 2.35. The van der Waals surface area contributed by atoms with E-state index in [1.165, 1.54) is 76.2 Å². The summed E-state index contributed by atoms with van der Waals surface area (Å²) in [6, 6.07) is 10.7. The molecule has 0 unspecified atom stereocenters. The molecular formula is C29H50O. The molecule has 0 amide bonds. The maximum Gasteiger partial charge on any atom is 0.139 e. The van der Waals surface area contributed by atoms with Gasteiger partial charge in [-0.2, -0.15) is 0 Å². The summed E-state index contributed by atoms with van der Waals surface area (Å²) in [6.45, 7) is 6.74. The Hall–Kier alpha value is -1.11. The molecule has 0 atom stereocenters. The first kappa shape index (κ1) is 26.9. The van der Waals surface area contributed by atoms with Crippen molar-refractivity contribution in [1.29, 1.82) is 0 Å². The van der Waals surface area contributed by atoms with Crippen molar-refractivity contribution in [3.8, 4) is 0 Å². The van der Waals surface area contributed by atoms with E-state index in [1.54, 1.807) is 0 Å². The number of ketones is 1. The second-order valence-electron chi connectivity index (χ2n) is 9.50. The van der Waals surface area contributed by atoms with Crippen LogP contribution in [0.4, 0.5) is 0 Å². The molecule has 1 nitrogen and oxygen atoms in total. The van der Waals surface area contributed by atoms with Crippen molar-refractivity contribution in [2.24, 2.45) is 5.41 Å². The van der Waals surface area contributed by atoms with Gasteiger partial charge in [0, 0.05) is 11.8 Å². The van der Waals surface area contributed by atoms with Crippen LogP contribution in [0.3, 0.4) is 0 Å². The minimum Gasteiger partial charge on any atom is -0.299 e. The average Bonchev–Trinajstić information content (AvgIpc) is 2.75. The van der Waals surface area contributed by atoms with Gasteiger partial charge in [-0.15, -0.1) is 0 Å². The van der Waals surface area contributed by atoms with Gasteiger partial charge in [0.2, 0.25) is 0 Å². The monoisotopic (exact) mass is 414 g/mol. The second-order valence-corrected chi connectivity index (χ2v) is 9.50.